The summed E-state index contributed by atoms with van der Waals surface area (Å²) >= 11 is 0. The average molecular weight is 734 g/mol. The number of likely N-dealkylation sites (tertiary alicyclic amines) is 1. The molecule has 0 spiro atoms. The van der Waals surface area contributed by atoms with Gasteiger partial charge in [-0.3, -0.25) is 19.9 Å². The molecule has 2 N–H and O–H groups in total. The zero-order valence-corrected chi connectivity index (χ0v) is 30.0. The second-order valence-electron chi connectivity index (χ2n) is 14.0. The second kappa shape index (κ2) is 15.5. The van der Waals surface area contributed by atoms with Gasteiger partial charge in [0.25, 0.3) is 11.8 Å². The first-order valence-corrected chi connectivity index (χ1v) is 18.1. The Morgan fingerprint density at radius 3 is 2.47 bits per heavy atom. The number of nitrogens with zero attached hydrogens (tertiary/aromatic N) is 7. The molecule has 14 nitrogen and oxygen atoms in total. The van der Waals surface area contributed by atoms with Crippen LogP contribution in [0.4, 0.5) is 36.7 Å². The molecule has 1 atom stereocenters. The van der Waals surface area contributed by atoms with Gasteiger partial charge in [0.05, 0.1) is 25.5 Å². The predicted octanol–water partition coefficient (Wildman–Crippen LogP) is 4.26. The second-order valence-corrected chi connectivity index (χ2v) is 14.0. The highest BCUT2D eigenvalue weighted by Crippen LogP contribution is 2.40. The van der Waals surface area contributed by atoms with Crippen molar-refractivity contribution in [1.82, 2.24) is 30.2 Å². The van der Waals surface area contributed by atoms with Crippen LogP contribution in [-0.2, 0) is 16.1 Å². The lowest BCUT2D eigenvalue weighted by Crippen LogP contribution is -2.56. The number of rotatable bonds is 9. The molecule has 53 heavy (non-hydrogen) atoms. The van der Waals surface area contributed by atoms with Gasteiger partial charge in [0.2, 0.25) is 5.95 Å². The molecule has 4 heterocycles. The van der Waals surface area contributed by atoms with E-state index in [1.165, 1.54) is 20.4 Å². The Morgan fingerprint density at radius 1 is 0.981 bits per heavy atom. The average Bonchev–Trinajstić information content (AvgIpc) is 3.89. The summed E-state index contributed by atoms with van der Waals surface area (Å²) in [6, 6.07) is 14.6. The largest absolute Gasteiger partial charge is 0.495 e. The molecule has 282 valence electrons. The number of ether oxygens (including phenoxy) is 2. The van der Waals surface area contributed by atoms with Crippen molar-refractivity contribution < 1.29 is 32.6 Å². The zero-order valence-electron chi connectivity index (χ0n) is 30.0. The number of piperazine rings is 1. The minimum atomic E-state index is -3.57. The molecule has 3 aromatic rings. The summed E-state index contributed by atoms with van der Waals surface area (Å²) < 4.78 is 41.1. The van der Waals surface area contributed by atoms with E-state index in [9.17, 15) is 23.2 Å². The molecule has 16 heteroatoms. The first-order valence-electron chi connectivity index (χ1n) is 18.1. The SMILES string of the molecule is COc1cc(C(=O)NN2CCN(C3CCN(C(=O)OCc4ccccc4)C3)CC2)ccc1Nc1ncc2c(n1)N(C1CCCC1)CC(F)(F)C(=O)N2C. The summed E-state index contributed by atoms with van der Waals surface area (Å²) in [6.45, 7) is 3.49. The molecule has 1 unspecified atom stereocenters. The van der Waals surface area contributed by atoms with Gasteiger partial charge in [0.15, 0.2) is 5.82 Å². The van der Waals surface area contributed by atoms with E-state index in [4.69, 9.17) is 9.47 Å². The van der Waals surface area contributed by atoms with E-state index in [0.717, 1.165) is 55.7 Å². The number of aromatic nitrogens is 2. The number of fused-ring (bicyclic) bond motifs is 1. The number of hydrogen-bond acceptors (Lipinski definition) is 11. The predicted molar refractivity (Wildman–Crippen MR) is 193 cm³/mol. The van der Waals surface area contributed by atoms with Crippen LogP contribution < -0.4 is 25.3 Å². The monoisotopic (exact) mass is 733 g/mol. The third-order valence-corrected chi connectivity index (χ3v) is 10.6. The molecule has 1 aromatic heterocycles. The lowest BCUT2D eigenvalue weighted by molar-refractivity contribution is -0.140. The third-order valence-electron chi connectivity index (χ3n) is 10.6. The number of hydrogen-bond donors (Lipinski definition) is 2. The molecule has 2 aromatic carbocycles. The van der Waals surface area contributed by atoms with E-state index in [-0.39, 0.29) is 48.1 Å². The smallest absolute Gasteiger partial charge is 0.410 e. The van der Waals surface area contributed by atoms with Gasteiger partial charge < -0.3 is 29.5 Å². The molecule has 2 saturated heterocycles. The third kappa shape index (κ3) is 7.98. The van der Waals surface area contributed by atoms with Crippen LogP contribution in [0.3, 0.4) is 0 Å². The quantitative estimate of drug-likeness (QED) is 0.327. The van der Waals surface area contributed by atoms with E-state index < -0.39 is 18.4 Å². The lowest BCUT2D eigenvalue weighted by atomic mass is 10.1. The Morgan fingerprint density at radius 2 is 1.74 bits per heavy atom. The molecule has 3 fully saturated rings. The number of methoxy groups -OCH3 is 1. The highest BCUT2D eigenvalue weighted by molar-refractivity contribution is 6.02. The van der Waals surface area contributed by atoms with Crippen molar-refractivity contribution in [2.24, 2.45) is 0 Å². The fourth-order valence-electron chi connectivity index (χ4n) is 7.58. The Kier molecular flexibility index (Phi) is 10.6. The van der Waals surface area contributed by atoms with E-state index in [1.807, 2.05) is 35.3 Å². The fourth-order valence-corrected chi connectivity index (χ4v) is 7.58. The number of alkyl halides is 2. The summed E-state index contributed by atoms with van der Waals surface area (Å²) in [7, 11) is 2.80. The van der Waals surface area contributed by atoms with Crippen molar-refractivity contribution in [2.75, 3.05) is 75.1 Å². The fraction of sp³-hybridized carbons (Fsp3) is 0.486. The van der Waals surface area contributed by atoms with Gasteiger partial charge in [-0.2, -0.15) is 13.8 Å². The van der Waals surface area contributed by atoms with Crippen LogP contribution in [0.5, 0.6) is 5.75 Å². The first kappa shape index (κ1) is 36.3. The Labute approximate surface area is 307 Å². The van der Waals surface area contributed by atoms with E-state index in [0.29, 0.717) is 43.2 Å². The van der Waals surface area contributed by atoms with Crippen LogP contribution in [0.15, 0.2) is 54.7 Å². The van der Waals surface area contributed by atoms with Gasteiger partial charge in [-0.15, -0.1) is 0 Å². The van der Waals surface area contributed by atoms with Crippen molar-refractivity contribution >= 4 is 41.0 Å². The molecule has 0 bridgehead atoms. The number of benzene rings is 2. The standard InChI is InChI=1S/C37H45F2N9O5/c1-44-30-21-40-35(42-32(30)48(27-10-6-7-11-27)24-37(38,39)34(44)50)41-29-13-12-26(20-31(29)52-2)33(49)43-47-18-16-45(17-19-47)28-14-15-46(22-28)36(51)53-23-25-8-4-3-5-9-25/h3-5,8-9,12-13,20-21,27-28H,6-7,10-11,14-19,22-24H2,1-2H3,(H,43,49)(H,40,41,42). The van der Waals surface area contributed by atoms with Crippen LogP contribution in [0.1, 0.15) is 48.0 Å². The van der Waals surface area contributed by atoms with Gasteiger partial charge in [-0.25, -0.2) is 14.8 Å². The van der Waals surface area contributed by atoms with E-state index in [2.05, 4.69) is 25.6 Å². The first-order chi connectivity index (χ1) is 25.6. The molecular weight excluding hydrogens is 688 g/mol. The van der Waals surface area contributed by atoms with Gasteiger partial charge in [-0.1, -0.05) is 43.2 Å². The normalized spacial score (nSPS) is 20.9. The van der Waals surface area contributed by atoms with Crippen molar-refractivity contribution in [2.45, 2.75) is 56.7 Å². The minimum absolute atomic E-state index is 0.139. The van der Waals surface area contributed by atoms with E-state index in [1.54, 1.807) is 28.0 Å². The summed E-state index contributed by atoms with van der Waals surface area (Å²) in [5.41, 5.74) is 5.02. The minimum Gasteiger partial charge on any atom is -0.495 e. The topological polar surface area (TPSA) is 136 Å². The highest BCUT2D eigenvalue weighted by atomic mass is 19.3. The maximum absolute atomic E-state index is 15.0. The Balaban J connectivity index is 0.942. The van der Waals surface area contributed by atoms with Crippen LogP contribution in [0, 0.1) is 0 Å². The number of hydrazine groups is 1. The Hall–Kier alpha value is -5.09. The van der Waals surface area contributed by atoms with Crippen molar-refractivity contribution in [3.8, 4) is 5.75 Å². The molecule has 1 saturated carbocycles. The van der Waals surface area contributed by atoms with Crippen LogP contribution in [0.2, 0.25) is 0 Å². The number of amides is 3. The van der Waals surface area contributed by atoms with Gasteiger partial charge in [0.1, 0.15) is 18.0 Å². The summed E-state index contributed by atoms with van der Waals surface area (Å²) in [6.07, 6.45) is 5.27. The van der Waals surface area contributed by atoms with Gasteiger partial charge in [0, 0.05) is 64.0 Å². The van der Waals surface area contributed by atoms with Gasteiger partial charge >= 0.3 is 12.0 Å². The molecule has 3 amide bonds. The zero-order chi connectivity index (χ0) is 37.1. The molecule has 1 aliphatic carbocycles. The van der Waals surface area contributed by atoms with Crippen LogP contribution >= 0.6 is 0 Å². The van der Waals surface area contributed by atoms with Crippen LogP contribution in [0.25, 0.3) is 0 Å². The number of carbonyl (C=O) groups excluding carboxylic acids is 3. The molecule has 7 rings (SSSR count). The van der Waals surface area contributed by atoms with E-state index >= 15 is 0 Å². The maximum atomic E-state index is 15.0. The molecule has 3 aliphatic heterocycles. The number of anilines is 4. The number of halogens is 2. The maximum Gasteiger partial charge on any atom is 0.410 e. The van der Waals surface area contributed by atoms with Crippen molar-refractivity contribution in [1.29, 1.82) is 0 Å². The van der Waals surface area contributed by atoms with Gasteiger partial charge in [-0.05, 0) is 43.0 Å². The number of carbonyl (C=O) groups is 3. The van der Waals surface area contributed by atoms with Crippen molar-refractivity contribution in [3.63, 3.8) is 0 Å². The van der Waals surface area contributed by atoms with Crippen LogP contribution in [-0.4, -0.2) is 121 Å². The summed E-state index contributed by atoms with van der Waals surface area (Å²) in [5.74, 6) is -4.39. The molecule has 4 aliphatic rings. The summed E-state index contributed by atoms with van der Waals surface area (Å²) in [5, 5.41) is 5.00. The number of nitrogens with one attached hydrogen (secondary N) is 2. The highest BCUT2D eigenvalue weighted by Gasteiger charge is 2.49. The lowest BCUT2D eigenvalue weighted by Gasteiger charge is -2.37. The molecular formula is C37H45F2N9O5. The Bertz CT molecular complexity index is 1800. The molecule has 0 radical (unpaired) electrons. The van der Waals surface area contributed by atoms with Crippen molar-refractivity contribution in [3.05, 3.63) is 65.9 Å². The summed E-state index contributed by atoms with van der Waals surface area (Å²) in [4.78, 5) is 54.1.